The molecule has 0 saturated carbocycles. The number of fused-ring (bicyclic) bond motifs is 2. The minimum Gasteiger partial charge on any atom is -0.318 e. The Bertz CT molecular complexity index is 1240. The predicted molar refractivity (Wildman–Crippen MR) is 121 cm³/mol. The van der Waals surface area contributed by atoms with E-state index in [1.807, 2.05) is 24.3 Å². The molecule has 9 heteroatoms. The van der Waals surface area contributed by atoms with Gasteiger partial charge in [-0.05, 0) is 48.5 Å². The fraction of sp³-hybridized carbons (Fsp3) is 0.0455. The van der Waals surface area contributed by atoms with E-state index in [1.165, 1.54) is 4.90 Å². The van der Waals surface area contributed by atoms with Gasteiger partial charge < -0.3 is 5.32 Å². The van der Waals surface area contributed by atoms with Crippen molar-refractivity contribution in [1.82, 2.24) is 4.98 Å². The Morgan fingerprint density at radius 1 is 0.839 bits per heavy atom. The lowest BCUT2D eigenvalue weighted by molar-refractivity contribution is -0.114. The molecule has 2 amide bonds. The molecular formula is C22H13Br2N3O4. The number of pyridine rings is 1. The van der Waals surface area contributed by atoms with Crippen molar-refractivity contribution in [2.75, 3.05) is 10.2 Å². The van der Waals surface area contributed by atoms with Crippen molar-refractivity contribution in [3.8, 4) is 0 Å². The zero-order valence-corrected chi connectivity index (χ0v) is 18.9. The number of hydrogen-bond acceptors (Lipinski definition) is 5. The molecule has 0 fully saturated rings. The summed E-state index contributed by atoms with van der Waals surface area (Å²) in [5.74, 6) is -1.99. The van der Waals surface area contributed by atoms with Crippen molar-refractivity contribution in [2.45, 2.75) is 6.54 Å². The van der Waals surface area contributed by atoms with Crippen molar-refractivity contribution < 1.29 is 19.2 Å². The van der Waals surface area contributed by atoms with Gasteiger partial charge in [0.2, 0.25) is 0 Å². The van der Waals surface area contributed by atoms with Gasteiger partial charge in [-0.3, -0.25) is 29.1 Å². The van der Waals surface area contributed by atoms with E-state index in [9.17, 15) is 19.2 Å². The Hall–Kier alpha value is -3.17. The van der Waals surface area contributed by atoms with Crippen LogP contribution in [-0.4, -0.2) is 28.4 Å². The summed E-state index contributed by atoms with van der Waals surface area (Å²) in [5.41, 5.74) is 2.86. The van der Waals surface area contributed by atoms with E-state index >= 15 is 0 Å². The van der Waals surface area contributed by atoms with Gasteiger partial charge in [-0.25, -0.2) is 0 Å². The maximum Gasteiger partial charge on any atom is 0.299 e. The topological polar surface area (TPSA) is 96.4 Å². The van der Waals surface area contributed by atoms with Gasteiger partial charge in [-0.15, -0.1) is 0 Å². The van der Waals surface area contributed by atoms with Crippen LogP contribution in [-0.2, 0) is 16.1 Å². The van der Waals surface area contributed by atoms with Crippen LogP contribution in [0.5, 0.6) is 0 Å². The number of amides is 2. The number of carbonyl (C=O) groups excluding carboxylic acids is 4. The maximum atomic E-state index is 12.0. The second kappa shape index (κ2) is 8.52. The predicted octanol–water partition coefficient (Wildman–Crippen LogP) is 4.16. The van der Waals surface area contributed by atoms with Crippen molar-refractivity contribution in [3.63, 3.8) is 0 Å². The Kier molecular flexibility index (Phi) is 5.79. The highest BCUT2D eigenvalue weighted by atomic mass is 79.9. The second-order valence-corrected chi connectivity index (χ2v) is 8.51. The van der Waals surface area contributed by atoms with Crippen LogP contribution in [0.1, 0.15) is 26.4 Å². The van der Waals surface area contributed by atoms with Crippen LogP contribution in [0.4, 0.5) is 11.4 Å². The molecule has 1 N–H and O–H groups in total. The van der Waals surface area contributed by atoms with Gasteiger partial charge in [0, 0.05) is 15.1 Å². The third-order valence-corrected chi connectivity index (χ3v) is 5.65. The van der Waals surface area contributed by atoms with Gasteiger partial charge in [0.05, 0.1) is 34.7 Å². The highest BCUT2D eigenvalue weighted by Crippen LogP contribution is 2.32. The Labute approximate surface area is 193 Å². The molecule has 31 heavy (non-hydrogen) atoms. The molecule has 2 aliphatic heterocycles. The lowest BCUT2D eigenvalue weighted by Crippen LogP contribution is -2.29. The molecule has 2 aromatic carbocycles. The van der Waals surface area contributed by atoms with Crippen LogP contribution >= 0.6 is 31.9 Å². The van der Waals surface area contributed by atoms with Crippen molar-refractivity contribution in [1.29, 1.82) is 0 Å². The minimum absolute atomic E-state index is 0.306. The van der Waals surface area contributed by atoms with E-state index in [0.717, 1.165) is 14.6 Å². The monoisotopic (exact) mass is 541 g/mol. The summed E-state index contributed by atoms with van der Waals surface area (Å²) < 4.78 is 1.58. The number of nitrogens with zero attached hydrogens (tertiary/aromatic N) is 2. The average Bonchev–Trinajstić information content (AvgIpc) is 3.17. The highest BCUT2D eigenvalue weighted by Gasteiger charge is 2.36. The first-order chi connectivity index (χ1) is 14.8. The lowest BCUT2D eigenvalue weighted by Gasteiger charge is -2.15. The third kappa shape index (κ3) is 4.19. The molecule has 5 rings (SSSR count). The number of nitrogens with one attached hydrogen (secondary N) is 1. The van der Waals surface area contributed by atoms with Gasteiger partial charge >= 0.3 is 0 Å². The molecule has 154 valence electrons. The zero-order chi connectivity index (χ0) is 22.1. The zero-order valence-electron chi connectivity index (χ0n) is 15.8. The van der Waals surface area contributed by atoms with E-state index in [2.05, 4.69) is 42.2 Å². The van der Waals surface area contributed by atoms with E-state index in [-0.39, 0.29) is 0 Å². The first-order valence-electron chi connectivity index (χ1n) is 9.06. The van der Waals surface area contributed by atoms with Gasteiger partial charge in [-0.2, -0.15) is 0 Å². The second-order valence-electron chi connectivity index (χ2n) is 6.68. The number of ketones is 2. The Morgan fingerprint density at radius 3 is 2.26 bits per heavy atom. The summed E-state index contributed by atoms with van der Waals surface area (Å²) in [4.78, 5) is 51.6. The molecule has 0 unspecified atom stereocenters. The standard InChI is InChI=1S/C14H9BrN2O2.C8H4BrNO2/c15-9-4-5-12-11(7-9)13(18)14(19)17(12)8-10-3-1-2-6-16-10;9-4-1-2-6-5(3-4)7(11)8(12)10-6/h1-7H,8H2;1-3H,(H,10,11,12). The highest BCUT2D eigenvalue weighted by molar-refractivity contribution is 9.10. The molecule has 0 saturated heterocycles. The molecule has 0 spiro atoms. The van der Waals surface area contributed by atoms with Crippen LogP contribution in [0.15, 0.2) is 69.7 Å². The van der Waals surface area contributed by atoms with Gasteiger partial charge in [0.1, 0.15) is 0 Å². The lowest BCUT2D eigenvalue weighted by atomic mass is 10.1. The number of hydrogen-bond donors (Lipinski definition) is 1. The number of anilines is 2. The summed E-state index contributed by atoms with van der Waals surface area (Å²) in [6.07, 6.45) is 1.67. The average molecular weight is 543 g/mol. The first kappa shape index (κ1) is 21.1. The van der Waals surface area contributed by atoms with Crippen molar-refractivity contribution in [3.05, 3.63) is 86.6 Å². The first-order valence-corrected chi connectivity index (χ1v) is 10.6. The SMILES string of the molecule is O=C1C(=O)N(Cc2ccccn2)c2ccc(Br)cc21.O=C1Nc2ccc(Br)cc2C1=O. The summed E-state index contributed by atoms with van der Waals surface area (Å²) in [6, 6.07) is 15.9. The number of aromatic nitrogens is 1. The minimum atomic E-state index is -0.553. The summed E-state index contributed by atoms with van der Waals surface area (Å²) in [5, 5.41) is 2.47. The number of Topliss-reactive ketones (excluding diaryl/α,β-unsaturated/α-hetero) is 2. The van der Waals surface area contributed by atoms with E-state index in [4.69, 9.17) is 0 Å². The fourth-order valence-electron chi connectivity index (χ4n) is 3.20. The third-order valence-electron chi connectivity index (χ3n) is 4.66. The number of benzene rings is 2. The summed E-state index contributed by atoms with van der Waals surface area (Å²) in [7, 11) is 0. The fourth-order valence-corrected chi connectivity index (χ4v) is 3.92. The molecule has 7 nitrogen and oxygen atoms in total. The van der Waals surface area contributed by atoms with Gasteiger partial charge in [0.25, 0.3) is 23.4 Å². The smallest absolute Gasteiger partial charge is 0.299 e. The number of rotatable bonds is 2. The Morgan fingerprint density at radius 2 is 1.55 bits per heavy atom. The molecular weight excluding hydrogens is 530 g/mol. The van der Waals surface area contributed by atoms with E-state index < -0.39 is 23.4 Å². The molecule has 0 radical (unpaired) electrons. The molecule has 3 heterocycles. The van der Waals surface area contributed by atoms with Crippen LogP contribution in [0.2, 0.25) is 0 Å². The van der Waals surface area contributed by atoms with Crippen molar-refractivity contribution >= 4 is 66.6 Å². The van der Waals surface area contributed by atoms with E-state index in [0.29, 0.717) is 29.0 Å². The van der Waals surface area contributed by atoms with Crippen LogP contribution < -0.4 is 10.2 Å². The molecule has 0 aliphatic carbocycles. The molecule has 1 aromatic heterocycles. The molecule has 2 aliphatic rings. The number of carbonyl (C=O) groups is 4. The summed E-state index contributed by atoms with van der Waals surface area (Å²) >= 11 is 6.53. The van der Waals surface area contributed by atoms with Crippen LogP contribution in [0.3, 0.4) is 0 Å². The molecule has 3 aromatic rings. The van der Waals surface area contributed by atoms with Crippen LogP contribution in [0, 0.1) is 0 Å². The summed E-state index contributed by atoms with van der Waals surface area (Å²) in [6.45, 7) is 0.306. The molecule has 0 atom stereocenters. The maximum absolute atomic E-state index is 12.0. The Balaban J connectivity index is 0.000000166. The quantitative estimate of drug-likeness (QED) is 0.490. The van der Waals surface area contributed by atoms with Gasteiger partial charge in [-0.1, -0.05) is 37.9 Å². The number of halogens is 2. The largest absolute Gasteiger partial charge is 0.318 e. The van der Waals surface area contributed by atoms with Crippen molar-refractivity contribution in [2.24, 2.45) is 0 Å². The van der Waals surface area contributed by atoms with E-state index in [1.54, 1.807) is 36.5 Å². The van der Waals surface area contributed by atoms with Gasteiger partial charge in [0.15, 0.2) is 0 Å². The molecule has 0 bridgehead atoms. The van der Waals surface area contributed by atoms with Crippen LogP contribution in [0.25, 0.3) is 0 Å². The normalized spacial score (nSPS) is 14.1.